The molecule has 0 fully saturated rings. The van der Waals surface area contributed by atoms with Crippen LogP contribution in [0.25, 0.3) is 44.9 Å². The monoisotopic (exact) mass is 804 g/mol. The van der Waals surface area contributed by atoms with Crippen LogP contribution >= 0.6 is 0 Å². The number of hydrogen-bond donors (Lipinski definition) is 3. The van der Waals surface area contributed by atoms with Crippen molar-refractivity contribution in [2.24, 2.45) is 5.92 Å². The maximum atomic E-state index is 13.9. The van der Waals surface area contributed by atoms with Gasteiger partial charge in [0.25, 0.3) is 0 Å². The van der Waals surface area contributed by atoms with Crippen LogP contribution in [0, 0.1) is 19.8 Å². The molecule has 0 spiro atoms. The lowest BCUT2D eigenvalue weighted by Gasteiger charge is -2.36. The van der Waals surface area contributed by atoms with Crippen molar-refractivity contribution in [3.05, 3.63) is 93.1 Å². The first-order valence-corrected chi connectivity index (χ1v) is 19.8. The SMILES string of the molecule is COC(=O)CCC1=C(C)c2cc3[nH]c(cc4nc(cc5[nH]c(cc1n2)c(CCC(=O)OC)c5C)C1=CC=C(C(=O)OC)[C@@H](C(=O)OC)[C@]14C)c(/C=C/CCCCO)c3C. The Labute approximate surface area is 343 Å². The van der Waals surface area contributed by atoms with Gasteiger partial charge in [-0.3, -0.25) is 19.4 Å². The number of methoxy groups -OCH3 is 4. The molecule has 0 amide bonds. The standard InChI is InChI=1S/C46H52N4O9/c1-25-28(13-11-9-10-12-20-51)38-24-40-46(4)32(17-14-31(44(54)58-7)43(46)45(55)59-8)39(50-40)22-35-27(3)30(16-19-42(53)57-6)37(48-35)23-36-29(15-18-41(52)56-5)26(2)34(47-36)21-33(25)49-38/h11,13-14,17,21-24,43,48-49,51H,9-10,12,15-16,18-20H2,1-8H3/b13-11+,33-21?,34-21?,35-22?,36-23?,37-23?,38-24?,39-22?,40-24?/t43-,46+/m0/s1. The molecule has 0 saturated carbocycles. The number of allylic oxidation sites excluding steroid dienone is 6. The molecule has 5 heterocycles. The molecule has 2 aliphatic heterocycles. The third-order valence-electron chi connectivity index (χ3n) is 11.8. The van der Waals surface area contributed by atoms with E-state index >= 15 is 0 Å². The second kappa shape index (κ2) is 17.8. The highest BCUT2D eigenvalue weighted by molar-refractivity contribution is 6.02. The van der Waals surface area contributed by atoms with Crippen molar-refractivity contribution in [2.45, 2.75) is 78.1 Å². The summed E-state index contributed by atoms with van der Waals surface area (Å²) in [5, 5.41) is 9.37. The summed E-state index contributed by atoms with van der Waals surface area (Å²) in [6.07, 6.45) is 10.9. The minimum Gasteiger partial charge on any atom is -0.469 e. The first kappa shape index (κ1) is 42.5. The van der Waals surface area contributed by atoms with E-state index in [2.05, 4.69) is 22.1 Å². The van der Waals surface area contributed by atoms with Gasteiger partial charge in [0.05, 0.1) is 62.2 Å². The van der Waals surface area contributed by atoms with Crippen LogP contribution in [-0.2, 0) is 50.0 Å². The van der Waals surface area contributed by atoms with E-state index in [0.29, 0.717) is 47.6 Å². The molecule has 3 aromatic rings. The van der Waals surface area contributed by atoms with Gasteiger partial charge in [-0.2, -0.15) is 0 Å². The molecule has 2 atom stereocenters. The van der Waals surface area contributed by atoms with Crippen molar-refractivity contribution < 1.29 is 43.2 Å². The van der Waals surface area contributed by atoms with Crippen LogP contribution in [0.5, 0.6) is 0 Å². The Morgan fingerprint density at radius 2 is 1.42 bits per heavy atom. The number of nitrogens with zero attached hydrogens (tertiary/aromatic N) is 2. The number of hydrogen-bond acceptors (Lipinski definition) is 11. The molecule has 3 N–H and O–H groups in total. The van der Waals surface area contributed by atoms with Gasteiger partial charge >= 0.3 is 23.9 Å². The number of fused-ring (bicyclic) bond motifs is 11. The maximum absolute atomic E-state index is 13.9. The average Bonchev–Trinajstić information content (AvgIpc) is 3.89. The molecule has 8 bridgehead atoms. The van der Waals surface area contributed by atoms with Crippen LogP contribution in [0.15, 0.2) is 48.1 Å². The number of H-pyrrole nitrogens is 2. The predicted octanol–water partition coefficient (Wildman–Crippen LogP) is 7.34. The van der Waals surface area contributed by atoms with E-state index in [1.165, 1.54) is 28.4 Å². The van der Waals surface area contributed by atoms with Gasteiger partial charge < -0.3 is 34.0 Å². The molecule has 3 aromatic heterocycles. The van der Waals surface area contributed by atoms with Crippen LogP contribution < -0.4 is 0 Å². The Balaban J connectivity index is 1.75. The third kappa shape index (κ3) is 8.16. The summed E-state index contributed by atoms with van der Waals surface area (Å²) in [4.78, 5) is 69.6. The first-order valence-electron chi connectivity index (χ1n) is 19.8. The van der Waals surface area contributed by atoms with Crippen molar-refractivity contribution in [2.75, 3.05) is 35.0 Å². The van der Waals surface area contributed by atoms with E-state index in [9.17, 15) is 24.3 Å². The summed E-state index contributed by atoms with van der Waals surface area (Å²) in [5.41, 5.74) is 10.5. The Morgan fingerprint density at radius 3 is 2.10 bits per heavy atom. The van der Waals surface area contributed by atoms with Gasteiger partial charge in [0.2, 0.25) is 0 Å². The highest BCUT2D eigenvalue weighted by Crippen LogP contribution is 2.52. The smallest absolute Gasteiger partial charge is 0.334 e. The molecule has 310 valence electrons. The summed E-state index contributed by atoms with van der Waals surface area (Å²) in [5.74, 6) is -3.03. The molecular weight excluding hydrogens is 753 g/mol. The van der Waals surface area contributed by atoms with Gasteiger partial charge in [0.15, 0.2) is 0 Å². The van der Waals surface area contributed by atoms with Crippen molar-refractivity contribution in [3.8, 4) is 0 Å². The number of aromatic amines is 2. The number of rotatable bonds is 13. The fourth-order valence-electron chi connectivity index (χ4n) is 8.31. The number of aliphatic hydroxyl groups is 1. The summed E-state index contributed by atoms with van der Waals surface area (Å²) < 4.78 is 20.5. The van der Waals surface area contributed by atoms with Crippen molar-refractivity contribution in [3.63, 3.8) is 0 Å². The topological polar surface area (TPSA) is 183 Å². The second-order valence-corrected chi connectivity index (χ2v) is 15.1. The molecule has 59 heavy (non-hydrogen) atoms. The zero-order valence-electron chi connectivity index (χ0n) is 35.0. The van der Waals surface area contributed by atoms with E-state index < -0.39 is 23.3 Å². The second-order valence-electron chi connectivity index (χ2n) is 15.1. The average molecular weight is 805 g/mol. The zero-order chi connectivity index (χ0) is 42.6. The molecule has 0 aromatic carbocycles. The Morgan fingerprint density at radius 1 is 0.763 bits per heavy atom. The van der Waals surface area contributed by atoms with E-state index in [1.807, 2.05) is 58.0 Å². The van der Waals surface area contributed by atoms with Crippen molar-refractivity contribution in [1.82, 2.24) is 19.9 Å². The number of aromatic nitrogens is 4. The largest absolute Gasteiger partial charge is 0.469 e. The quantitative estimate of drug-likeness (QED) is 0.0893. The molecule has 0 saturated heterocycles. The maximum Gasteiger partial charge on any atom is 0.334 e. The molecular formula is C46H52N4O9. The van der Waals surface area contributed by atoms with Crippen LogP contribution in [0.1, 0.15) is 97.4 Å². The molecule has 0 radical (unpaired) electrons. The fourth-order valence-corrected chi connectivity index (χ4v) is 8.31. The number of ether oxygens (including phenoxy) is 4. The minimum absolute atomic E-state index is 0.119. The number of carbonyl (C=O) groups excluding carboxylic acids is 4. The predicted molar refractivity (Wildman–Crippen MR) is 225 cm³/mol. The van der Waals surface area contributed by atoms with E-state index in [4.69, 9.17) is 28.9 Å². The number of aliphatic hydroxyl groups excluding tert-OH is 1. The molecule has 1 aliphatic carbocycles. The number of aryl methyl sites for hydroxylation is 3. The molecule has 0 unspecified atom stereocenters. The Hall–Kier alpha value is -6.08. The lowest BCUT2D eigenvalue weighted by Crippen LogP contribution is -2.42. The van der Waals surface area contributed by atoms with Crippen LogP contribution in [-0.4, -0.2) is 84.0 Å². The third-order valence-corrected chi connectivity index (χ3v) is 11.8. The summed E-state index contributed by atoms with van der Waals surface area (Å²) >= 11 is 0. The van der Waals surface area contributed by atoms with Gasteiger partial charge in [-0.15, -0.1) is 0 Å². The summed E-state index contributed by atoms with van der Waals surface area (Å²) in [6, 6.07) is 7.79. The highest BCUT2D eigenvalue weighted by atomic mass is 16.5. The van der Waals surface area contributed by atoms with E-state index in [1.54, 1.807) is 6.08 Å². The zero-order valence-corrected chi connectivity index (χ0v) is 35.0. The minimum atomic E-state index is -1.17. The van der Waals surface area contributed by atoms with E-state index in [-0.39, 0.29) is 37.0 Å². The summed E-state index contributed by atoms with van der Waals surface area (Å²) in [7, 11) is 5.31. The van der Waals surface area contributed by atoms with Crippen molar-refractivity contribution in [1.29, 1.82) is 0 Å². The number of nitrogens with one attached hydrogen (secondary N) is 2. The Bertz CT molecular complexity index is 2500. The Kier molecular flexibility index (Phi) is 12.8. The fraction of sp³-hybridized carbons (Fsp3) is 0.391. The summed E-state index contributed by atoms with van der Waals surface area (Å²) in [6.45, 7) is 7.99. The van der Waals surface area contributed by atoms with Crippen LogP contribution in [0.4, 0.5) is 0 Å². The number of esters is 4. The molecule has 3 aliphatic rings. The number of carbonyl (C=O) groups is 4. The van der Waals surface area contributed by atoms with Crippen LogP contribution in [0.2, 0.25) is 0 Å². The van der Waals surface area contributed by atoms with Gasteiger partial charge in [-0.1, -0.05) is 24.3 Å². The molecule has 13 heteroatoms. The van der Waals surface area contributed by atoms with Gasteiger partial charge in [0, 0.05) is 47.1 Å². The normalized spacial score (nSPS) is 17.3. The lowest BCUT2D eigenvalue weighted by atomic mass is 9.64. The van der Waals surface area contributed by atoms with Crippen LogP contribution in [0.3, 0.4) is 0 Å². The number of unbranched alkanes of at least 4 members (excludes halogenated alkanes) is 2. The van der Waals surface area contributed by atoms with Crippen molar-refractivity contribution >= 4 is 68.7 Å². The van der Waals surface area contributed by atoms with Gasteiger partial charge in [-0.05, 0) is 117 Å². The first-order chi connectivity index (χ1) is 28.3. The highest BCUT2D eigenvalue weighted by Gasteiger charge is 2.53. The lowest BCUT2D eigenvalue weighted by molar-refractivity contribution is -0.149. The van der Waals surface area contributed by atoms with Gasteiger partial charge in [0.1, 0.15) is 5.92 Å². The van der Waals surface area contributed by atoms with E-state index in [0.717, 1.165) is 68.3 Å². The molecule has 13 nitrogen and oxygen atoms in total. The molecule has 6 rings (SSSR count). The van der Waals surface area contributed by atoms with Gasteiger partial charge in [-0.25, -0.2) is 9.78 Å².